The maximum Gasteiger partial charge on any atom is 0.227 e. The summed E-state index contributed by atoms with van der Waals surface area (Å²) in [5.74, 6) is 0.630. The van der Waals surface area contributed by atoms with E-state index >= 15 is 0 Å². The molecule has 2 heterocycles. The van der Waals surface area contributed by atoms with Crippen molar-refractivity contribution in [3.05, 3.63) is 54.4 Å². The minimum atomic E-state index is 0.630. The molecule has 0 radical (unpaired) electrons. The van der Waals surface area contributed by atoms with Crippen molar-refractivity contribution in [3.63, 3.8) is 0 Å². The molecule has 0 saturated heterocycles. The zero-order valence-electron chi connectivity index (χ0n) is 10.8. The van der Waals surface area contributed by atoms with Gasteiger partial charge in [0.2, 0.25) is 5.89 Å². The van der Waals surface area contributed by atoms with Crippen LogP contribution in [-0.4, -0.2) is 31.7 Å². The summed E-state index contributed by atoms with van der Waals surface area (Å²) in [5.41, 5.74) is 1.84. The van der Waals surface area contributed by atoms with E-state index in [9.17, 15) is 0 Å². The van der Waals surface area contributed by atoms with Gasteiger partial charge in [-0.2, -0.15) is 20.0 Å². The van der Waals surface area contributed by atoms with E-state index in [1.807, 2.05) is 30.3 Å². The average Bonchev–Trinajstić information content (AvgIpc) is 3.16. The zero-order chi connectivity index (χ0) is 13.6. The Balaban J connectivity index is 1.50. The molecule has 0 bridgehead atoms. The first kappa shape index (κ1) is 12.5. The third-order valence-electron chi connectivity index (χ3n) is 2.76. The number of rotatable bonds is 6. The summed E-state index contributed by atoms with van der Waals surface area (Å²) >= 11 is 0. The number of aromatic nitrogens is 5. The van der Waals surface area contributed by atoms with Gasteiger partial charge in [-0.15, -0.1) is 0 Å². The van der Waals surface area contributed by atoms with Crippen LogP contribution in [0.3, 0.4) is 0 Å². The van der Waals surface area contributed by atoms with Crippen molar-refractivity contribution in [2.45, 2.75) is 13.0 Å². The van der Waals surface area contributed by atoms with Gasteiger partial charge in [0.25, 0.3) is 0 Å². The van der Waals surface area contributed by atoms with E-state index in [0.717, 1.165) is 17.9 Å². The number of para-hydroxylation sites is 1. The average molecular weight is 270 g/mol. The first-order valence-corrected chi connectivity index (χ1v) is 6.35. The van der Waals surface area contributed by atoms with Gasteiger partial charge < -0.3 is 9.84 Å². The Hall–Kier alpha value is -2.54. The Morgan fingerprint density at radius 2 is 2.10 bits per heavy atom. The van der Waals surface area contributed by atoms with E-state index in [-0.39, 0.29) is 0 Å². The SMILES string of the molecule is c1ccc(-n2ncc(CNCCc3ncno3)n2)cc1. The summed E-state index contributed by atoms with van der Waals surface area (Å²) in [6.45, 7) is 1.40. The third-order valence-corrected chi connectivity index (χ3v) is 2.76. The third kappa shape index (κ3) is 3.07. The summed E-state index contributed by atoms with van der Waals surface area (Å²) < 4.78 is 4.91. The summed E-state index contributed by atoms with van der Waals surface area (Å²) in [7, 11) is 0. The van der Waals surface area contributed by atoms with Crippen LogP contribution in [0.15, 0.2) is 47.4 Å². The Morgan fingerprint density at radius 1 is 1.20 bits per heavy atom. The van der Waals surface area contributed by atoms with E-state index < -0.39 is 0 Å². The van der Waals surface area contributed by atoms with E-state index in [0.29, 0.717) is 18.9 Å². The van der Waals surface area contributed by atoms with E-state index in [4.69, 9.17) is 4.52 Å². The first-order valence-electron chi connectivity index (χ1n) is 6.35. The minimum Gasteiger partial charge on any atom is -0.340 e. The summed E-state index contributed by atoms with van der Waals surface area (Å²) in [5, 5.41) is 15.5. The molecule has 0 unspecified atom stereocenters. The van der Waals surface area contributed by atoms with Crippen LogP contribution in [0.4, 0.5) is 0 Å². The van der Waals surface area contributed by atoms with E-state index in [1.54, 1.807) is 11.0 Å². The lowest BCUT2D eigenvalue weighted by molar-refractivity contribution is 0.374. The molecule has 0 aliphatic heterocycles. The molecule has 0 spiro atoms. The Bertz CT molecular complexity index is 634. The topological polar surface area (TPSA) is 81.7 Å². The van der Waals surface area contributed by atoms with Crippen molar-refractivity contribution in [1.29, 1.82) is 0 Å². The molecule has 0 fully saturated rings. The summed E-state index contributed by atoms with van der Waals surface area (Å²) in [6, 6.07) is 9.81. The predicted octanol–water partition coefficient (Wildman–Crippen LogP) is 0.983. The molecule has 20 heavy (non-hydrogen) atoms. The number of hydrogen-bond donors (Lipinski definition) is 1. The lowest BCUT2D eigenvalue weighted by Gasteiger charge is -1.99. The Morgan fingerprint density at radius 3 is 2.90 bits per heavy atom. The Kier molecular flexibility index (Phi) is 3.79. The van der Waals surface area contributed by atoms with Crippen LogP contribution in [0.25, 0.3) is 5.69 Å². The van der Waals surface area contributed by atoms with Gasteiger partial charge in [0.1, 0.15) is 0 Å². The second-order valence-electron chi connectivity index (χ2n) is 4.22. The van der Waals surface area contributed by atoms with Crippen molar-refractivity contribution in [3.8, 4) is 5.69 Å². The van der Waals surface area contributed by atoms with Crippen LogP contribution in [0, 0.1) is 0 Å². The van der Waals surface area contributed by atoms with Crippen molar-refractivity contribution in [1.82, 2.24) is 30.5 Å². The van der Waals surface area contributed by atoms with E-state index in [1.165, 1.54) is 6.33 Å². The highest BCUT2D eigenvalue weighted by molar-refractivity contribution is 5.28. The largest absolute Gasteiger partial charge is 0.340 e. The maximum absolute atomic E-state index is 4.91. The van der Waals surface area contributed by atoms with Crippen molar-refractivity contribution < 1.29 is 4.52 Å². The summed E-state index contributed by atoms with van der Waals surface area (Å²) in [4.78, 5) is 5.57. The van der Waals surface area contributed by atoms with Crippen molar-refractivity contribution in [2.75, 3.05) is 6.54 Å². The van der Waals surface area contributed by atoms with Gasteiger partial charge in [0, 0.05) is 19.5 Å². The lowest BCUT2D eigenvalue weighted by atomic mass is 10.3. The van der Waals surface area contributed by atoms with Crippen molar-refractivity contribution in [2.24, 2.45) is 0 Å². The highest BCUT2D eigenvalue weighted by atomic mass is 16.5. The van der Waals surface area contributed by atoms with Gasteiger partial charge in [0.15, 0.2) is 6.33 Å². The van der Waals surface area contributed by atoms with Gasteiger partial charge in [-0.1, -0.05) is 23.4 Å². The second kappa shape index (κ2) is 6.07. The molecule has 7 heteroatoms. The van der Waals surface area contributed by atoms with E-state index in [2.05, 4.69) is 25.7 Å². The number of nitrogens with one attached hydrogen (secondary N) is 1. The lowest BCUT2D eigenvalue weighted by Crippen LogP contribution is -2.17. The molecule has 1 N–H and O–H groups in total. The quantitative estimate of drug-likeness (QED) is 0.672. The van der Waals surface area contributed by atoms with Crippen molar-refractivity contribution >= 4 is 0 Å². The van der Waals surface area contributed by atoms with Crippen LogP contribution in [-0.2, 0) is 13.0 Å². The van der Waals surface area contributed by atoms with Gasteiger partial charge in [-0.3, -0.25) is 0 Å². The van der Waals surface area contributed by atoms with Crippen LogP contribution < -0.4 is 5.32 Å². The van der Waals surface area contributed by atoms with Crippen LogP contribution in [0.5, 0.6) is 0 Å². The fourth-order valence-electron chi connectivity index (χ4n) is 1.78. The first-order chi connectivity index (χ1) is 9.92. The molecule has 102 valence electrons. The molecule has 2 aromatic heterocycles. The molecular formula is C13H14N6O. The standard InChI is InChI=1S/C13H14N6O/c1-2-4-12(5-3-1)19-16-9-11(18-19)8-14-7-6-13-15-10-17-20-13/h1-5,9-10,14H,6-8H2. The highest BCUT2D eigenvalue weighted by Crippen LogP contribution is 2.04. The Labute approximate surface area is 115 Å². The molecule has 0 aliphatic carbocycles. The normalized spacial score (nSPS) is 10.8. The summed E-state index contributed by atoms with van der Waals surface area (Å²) in [6.07, 6.45) is 3.86. The van der Waals surface area contributed by atoms with Gasteiger partial charge in [-0.05, 0) is 12.1 Å². The molecule has 0 saturated carbocycles. The second-order valence-corrected chi connectivity index (χ2v) is 4.22. The minimum absolute atomic E-state index is 0.630. The molecule has 0 amide bonds. The molecular weight excluding hydrogens is 256 g/mol. The monoisotopic (exact) mass is 270 g/mol. The predicted molar refractivity (Wildman–Crippen MR) is 71.1 cm³/mol. The maximum atomic E-state index is 4.91. The van der Waals surface area contributed by atoms with Gasteiger partial charge >= 0.3 is 0 Å². The number of nitrogens with zero attached hydrogens (tertiary/aromatic N) is 5. The zero-order valence-corrected chi connectivity index (χ0v) is 10.8. The fourth-order valence-corrected chi connectivity index (χ4v) is 1.78. The molecule has 0 aliphatic rings. The molecule has 7 nitrogen and oxygen atoms in total. The van der Waals surface area contributed by atoms with Crippen LogP contribution >= 0.6 is 0 Å². The molecule has 0 atom stereocenters. The smallest absolute Gasteiger partial charge is 0.227 e. The molecule has 1 aromatic carbocycles. The number of hydrogen-bond acceptors (Lipinski definition) is 6. The highest BCUT2D eigenvalue weighted by Gasteiger charge is 2.03. The molecule has 3 rings (SSSR count). The van der Waals surface area contributed by atoms with Crippen LogP contribution in [0.2, 0.25) is 0 Å². The molecule has 3 aromatic rings. The number of benzene rings is 1. The fraction of sp³-hybridized carbons (Fsp3) is 0.231. The van der Waals surface area contributed by atoms with Gasteiger partial charge in [0.05, 0.1) is 17.6 Å². The van der Waals surface area contributed by atoms with Gasteiger partial charge in [-0.25, -0.2) is 0 Å². The van der Waals surface area contributed by atoms with Crippen LogP contribution in [0.1, 0.15) is 11.6 Å².